The zero-order valence-electron chi connectivity index (χ0n) is 13.9. The van der Waals surface area contributed by atoms with E-state index < -0.39 is 7.82 Å². The molecule has 0 spiro atoms. The maximum atomic E-state index is 12.6. The molecule has 6 heteroatoms. The molecule has 1 aromatic carbocycles. The molecule has 0 saturated heterocycles. The van der Waals surface area contributed by atoms with Crippen LogP contribution >= 0.6 is 7.82 Å². The quantitative estimate of drug-likeness (QED) is 0.281. The van der Waals surface area contributed by atoms with Crippen LogP contribution in [0.4, 0.5) is 0 Å². The Labute approximate surface area is 137 Å². The van der Waals surface area contributed by atoms with Crippen LogP contribution in [0.1, 0.15) is 33.3 Å². The number of hydrogen-bond acceptors (Lipinski definition) is 5. The van der Waals surface area contributed by atoms with Crippen LogP contribution in [0.25, 0.3) is 5.76 Å². The van der Waals surface area contributed by atoms with Crippen molar-refractivity contribution < 1.29 is 22.9 Å². The molecule has 0 fully saturated rings. The van der Waals surface area contributed by atoms with Crippen molar-refractivity contribution >= 4 is 19.4 Å². The molecule has 126 valence electrons. The highest BCUT2D eigenvalue weighted by atomic mass is 31.2. The van der Waals surface area contributed by atoms with Crippen LogP contribution in [0.2, 0.25) is 0 Å². The molecule has 0 bridgehead atoms. The van der Waals surface area contributed by atoms with E-state index in [1.807, 2.05) is 30.3 Å². The van der Waals surface area contributed by atoms with Crippen molar-refractivity contribution in [3.8, 4) is 0 Å². The topological polar surface area (TPSA) is 61.8 Å². The number of ketones is 1. The van der Waals surface area contributed by atoms with Crippen LogP contribution in [0.15, 0.2) is 48.1 Å². The molecule has 5 nitrogen and oxygen atoms in total. The molecule has 1 aromatic rings. The largest absolute Gasteiger partial charge is 0.530 e. The molecule has 23 heavy (non-hydrogen) atoms. The van der Waals surface area contributed by atoms with Crippen molar-refractivity contribution in [1.29, 1.82) is 0 Å². The van der Waals surface area contributed by atoms with E-state index in [0.29, 0.717) is 16.9 Å². The van der Waals surface area contributed by atoms with Gasteiger partial charge in [-0.3, -0.25) is 13.8 Å². The monoisotopic (exact) mass is 338 g/mol. The Morgan fingerprint density at radius 1 is 1.04 bits per heavy atom. The van der Waals surface area contributed by atoms with Crippen molar-refractivity contribution in [2.75, 3.05) is 13.2 Å². The molecule has 0 aromatic heterocycles. The molecule has 0 N–H and O–H groups in total. The summed E-state index contributed by atoms with van der Waals surface area (Å²) in [5, 5.41) is 0. The SMILES string of the molecule is CCOP(=O)(OCC)O/C(=C\C(C)=C\C(C)=O)c1ccccc1. The molecule has 0 aliphatic carbocycles. The normalized spacial score (nSPS) is 13.0. The van der Waals surface area contributed by atoms with E-state index in [1.165, 1.54) is 13.0 Å². The summed E-state index contributed by atoms with van der Waals surface area (Å²) < 4.78 is 28.5. The number of carbonyl (C=O) groups is 1. The Balaban J connectivity index is 3.22. The summed E-state index contributed by atoms with van der Waals surface area (Å²) in [5.41, 5.74) is 1.39. The van der Waals surface area contributed by atoms with E-state index in [0.717, 1.165) is 0 Å². The van der Waals surface area contributed by atoms with Gasteiger partial charge in [-0.05, 0) is 45.4 Å². The van der Waals surface area contributed by atoms with Crippen LogP contribution in [-0.4, -0.2) is 19.0 Å². The van der Waals surface area contributed by atoms with Crippen LogP contribution in [0, 0.1) is 0 Å². The van der Waals surface area contributed by atoms with Crippen LogP contribution < -0.4 is 0 Å². The third-order valence-electron chi connectivity index (χ3n) is 2.63. The van der Waals surface area contributed by atoms with Gasteiger partial charge in [-0.1, -0.05) is 30.3 Å². The first kappa shape index (κ1) is 19.4. The number of phosphoric ester groups is 1. The lowest BCUT2D eigenvalue weighted by Crippen LogP contribution is -2.00. The molecule has 0 amide bonds. The van der Waals surface area contributed by atoms with E-state index in [2.05, 4.69) is 0 Å². The fourth-order valence-corrected chi connectivity index (χ4v) is 3.07. The van der Waals surface area contributed by atoms with Crippen LogP contribution in [0.3, 0.4) is 0 Å². The van der Waals surface area contributed by atoms with E-state index in [4.69, 9.17) is 13.6 Å². The Bertz CT molecular complexity index is 609. The summed E-state index contributed by atoms with van der Waals surface area (Å²) in [5.74, 6) is 0.245. The van der Waals surface area contributed by atoms with Crippen molar-refractivity contribution in [3.05, 3.63) is 53.6 Å². The molecule has 0 aliphatic heterocycles. The second-order valence-corrected chi connectivity index (χ2v) is 6.34. The first-order chi connectivity index (χ1) is 10.9. The summed E-state index contributed by atoms with van der Waals surface area (Å²) in [6.45, 7) is 7.04. The van der Waals surface area contributed by atoms with Gasteiger partial charge in [0.25, 0.3) is 0 Å². The predicted octanol–water partition coefficient (Wildman–Crippen LogP) is 4.76. The van der Waals surface area contributed by atoms with Gasteiger partial charge >= 0.3 is 7.82 Å². The maximum absolute atomic E-state index is 12.6. The minimum Gasteiger partial charge on any atom is -0.403 e. The number of carbonyl (C=O) groups excluding carboxylic acids is 1. The lowest BCUT2D eigenvalue weighted by Gasteiger charge is -2.19. The zero-order valence-corrected chi connectivity index (χ0v) is 14.8. The average molecular weight is 338 g/mol. The van der Waals surface area contributed by atoms with Crippen molar-refractivity contribution in [3.63, 3.8) is 0 Å². The highest BCUT2D eigenvalue weighted by molar-refractivity contribution is 7.48. The molecule has 0 atom stereocenters. The van der Waals surface area contributed by atoms with Gasteiger partial charge in [0.2, 0.25) is 0 Å². The van der Waals surface area contributed by atoms with Gasteiger partial charge in [0.05, 0.1) is 13.2 Å². The van der Waals surface area contributed by atoms with Crippen molar-refractivity contribution in [2.45, 2.75) is 27.7 Å². The van der Waals surface area contributed by atoms with Crippen LogP contribution in [-0.2, 0) is 22.9 Å². The summed E-state index contributed by atoms with van der Waals surface area (Å²) in [4.78, 5) is 11.2. The van der Waals surface area contributed by atoms with Gasteiger partial charge < -0.3 is 4.52 Å². The lowest BCUT2D eigenvalue weighted by atomic mass is 10.1. The summed E-state index contributed by atoms with van der Waals surface area (Å²) in [7, 11) is -3.71. The Kier molecular flexibility index (Phi) is 7.96. The first-order valence-electron chi connectivity index (χ1n) is 7.45. The highest BCUT2D eigenvalue weighted by Gasteiger charge is 2.28. The minimum atomic E-state index is -3.71. The number of hydrogen-bond donors (Lipinski definition) is 0. The summed E-state index contributed by atoms with van der Waals surface area (Å²) in [6, 6.07) is 9.17. The first-order valence-corrected chi connectivity index (χ1v) is 8.91. The van der Waals surface area contributed by atoms with Gasteiger partial charge in [-0.2, -0.15) is 0 Å². The molecule has 0 unspecified atom stereocenters. The molecule has 1 rings (SSSR count). The Morgan fingerprint density at radius 3 is 2.09 bits per heavy atom. The molecule has 0 heterocycles. The highest BCUT2D eigenvalue weighted by Crippen LogP contribution is 2.52. The number of benzene rings is 1. The summed E-state index contributed by atoms with van der Waals surface area (Å²) in [6.07, 6.45) is 3.11. The molecule has 0 aliphatic rings. The van der Waals surface area contributed by atoms with Crippen molar-refractivity contribution in [1.82, 2.24) is 0 Å². The number of allylic oxidation sites excluding steroid dienone is 3. The van der Waals surface area contributed by atoms with E-state index in [9.17, 15) is 9.36 Å². The zero-order chi connectivity index (χ0) is 17.3. The number of rotatable bonds is 9. The second-order valence-electron chi connectivity index (χ2n) is 4.75. The Hall–Kier alpha value is -1.68. The van der Waals surface area contributed by atoms with Gasteiger partial charge in [0.15, 0.2) is 5.78 Å². The van der Waals surface area contributed by atoms with E-state index in [-0.39, 0.29) is 19.0 Å². The summed E-state index contributed by atoms with van der Waals surface area (Å²) >= 11 is 0. The minimum absolute atomic E-state index is 0.0797. The van der Waals surface area contributed by atoms with Gasteiger partial charge in [-0.25, -0.2) is 4.57 Å². The maximum Gasteiger partial charge on any atom is 0.530 e. The fraction of sp³-hybridized carbons (Fsp3) is 0.353. The Morgan fingerprint density at radius 2 is 1.61 bits per heavy atom. The fourth-order valence-electron chi connectivity index (χ4n) is 1.86. The lowest BCUT2D eigenvalue weighted by molar-refractivity contribution is -0.112. The third kappa shape index (κ3) is 6.95. The molecule has 0 radical (unpaired) electrons. The smallest absolute Gasteiger partial charge is 0.403 e. The van der Waals surface area contributed by atoms with Gasteiger partial charge in [0.1, 0.15) is 5.76 Å². The average Bonchev–Trinajstić information content (AvgIpc) is 2.47. The van der Waals surface area contributed by atoms with Gasteiger partial charge in [0, 0.05) is 5.56 Å². The van der Waals surface area contributed by atoms with Crippen molar-refractivity contribution in [2.24, 2.45) is 0 Å². The van der Waals surface area contributed by atoms with Crippen LogP contribution in [0.5, 0.6) is 0 Å². The molecule has 0 saturated carbocycles. The standard InChI is InChI=1S/C17H23O5P/c1-5-20-23(19,21-6-2)22-17(13-14(3)12-15(4)18)16-10-8-7-9-11-16/h7-13H,5-6H2,1-4H3/b14-12+,17-13-. The third-order valence-corrected chi connectivity index (χ3v) is 4.20. The van der Waals surface area contributed by atoms with Gasteiger partial charge in [-0.15, -0.1) is 0 Å². The predicted molar refractivity (Wildman–Crippen MR) is 90.8 cm³/mol. The van der Waals surface area contributed by atoms with E-state index >= 15 is 0 Å². The molecular formula is C17H23O5P. The van der Waals surface area contributed by atoms with E-state index in [1.54, 1.807) is 26.8 Å². The second kappa shape index (κ2) is 9.46. The molecular weight excluding hydrogens is 315 g/mol. The number of phosphoric acid groups is 1.